The molecule has 4 nitrogen and oxygen atoms in total. The van der Waals surface area contributed by atoms with Crippen LogP contribution in [-0.4, -0.2) is 29.8 Å². The molecule has 0 aromatic heterocycles. The normalized spacial score (nSPS) is 16.1. The van der Waals surface area contributed by atoms with Gasteiger partial charge in [-0.25, -0.2) is 0 Å². The minimum atomic E-state index is -0.571. The molecule has 3 rings (SSSR count). The van der Waals surface area contributed by atoms with Gasteiger partial charge in [-0.1, -0.05) is 61.5 Å². The summed E-state index contributed by atoms with van der Waals surface area (Å²) >= 11 is 0. The van der Waals surface area contributed by atoms with Crippen LogP contribution < -0.4 is 5.73 Å². The highest BCUT2D eigenvalue weighted by Gasteiger charge is 2.40. The lowest BCUT2D eigenvalue weighted by Crippen LogP contribution is -2.49. The first-order valence-electron chi connectivity index (χ1n) is 9.76. The second kappa shape index (κ2) is 8.38. The molecule has 0 spiro atoms. The van der Waals surface area contributed by atoms with Crippen LogP contribution in [0.3, 0.4) is 0 Å². The fraction of sp³-hybridized carbons (Fsp3) is 0.391. The number of likely N-dealkylation sites (tertiary alicyclic amines) is 1. The molecule has 2 amide bonds. The van der Waals surface area contributed by atoms with Gasteiger partial charge in [-0.3, -0.25) is 9.59 Å². The maximum absolute atomic E-state index is 12.4. The van der Waals surface area contributed by atoms with Crippen molar-refractivity contribution in [2.24, 2.45) is 11.1 Å². The summed E-state index contributed by atoms with van der Waals surface area (Å²) in [5, 5.41) is 0. The molecule has 2 N–H and O–H groups in total. The predicted molar refractivity (Wildman–Crippen MR) is 108 cm³/mol. The summed E-state index contributed by atoms with van der Waals surface area (Å²) in [6.07, 6.45) is 3.31. The summed E-state index contributed by atoms with van der Waals surface area (Å²) in [5.41, 5.74) is 8.68. The van der Waals surface area contributed by atoms with Gasteiger partial charge in [-0.2, -0.15) is 0 Å². The van der Waals surface area contributed by atoms with Gasteiger partial charge < -0.3 is 10.6 Å². The van der Waals surface area contributed by atoms with Crippen LogP contribution in [0.25, 0.3) is 11.1 Å². The van der Waals surface area contributed by atoms with Crippen LogP contribution in [0.4, 0.5) is 0 Å². The van der Waals surface area contributed by atoms with Crippen molar-refractivity contribution in [1.82, 2.24) is 4.90 Å². The average molecular weight is 364 g/mol. The lowest BCUT2D eigenvalue weighted by atomic mass is 9.73. The van der Waals surface area contributed by atoms with Crippen LogP contribution in [-0.2, 0) is 16.0 Å². The van der Waals surface area contributed by atoms with Crippen molar-refractivity contribution in [3.63, 3.8) is 0 Å². The molecule has 0 unspecified atom stereocenters. The van der Waals surface area contributed by atoms with Crippen molar-refractivity contribution in [1.29, 1.82) is 0 Å². The fourth-order valence-corrected chi connectivity index (χ4v) is 3.95. The molecule has 1 saturated heterocycles. The average Bonchev–Trinajstić information content (AvgIpc) is 2.69. The Kier molecular flexibility index (Phi) is 5.94. The number of nitrogens with two attached hydrogens (primary N) is 1. The largest absolute Gasteiger partial charge is 0.369 e. The summed E-state index contributed by atoms with van der Waals surface area (Å²) in [6.45, 7) is 3.23. The van der Waals surface area contributed by atoms with E-state index in [1.165, 1.54) is 0 Å². The third-order valence-corrected chi connectivity index (χ3v) is 5.64. The van der Waals surface area contributed by atoms with Crippen molar-refractivity contribution in [3.05, 3.63) is 60.2 Å². The van der Waals surface area contributed by atoms with Crippen LogP contribution >= 0.6 is 0 Å². The highest BCUT2D eigenvalue weighted by Crippen LogP contribution is 2.36. The fourth-order valence-electron chi connectivity index (χ4n) is 3.95. The zero-order valence-corrected chi connectivity index (χ0v) is 16.0. The van der Waals surface area contributed by atoms with E-state index in [1.54, 1.807) is 0 Å². The van der Waals surface area contributed by atoms with Crippen molar-refractivity contribution < 1.29 is 9.59 Å². The number of carbonyl (C=O) groups excluding carboxylic acids is 2. The third-order valence-electron chi connectivity index (χ3n) is 5.64. The van der Waals surface area contributed by atoms with E-state index in [-0.39, 0.29) is 11.8 Å². The summed E-state index contributed by atoms with van der Waals surface area (Å²) in [5.74, 6) is -0.0724. The second-order valence-corrected chi connectivity index (χ2v) is 7.52. The van der Waals surface area contributed by atoms with Crippen molar-refractivity contribution in [2.45, 2.75) is 39.0 Å². The van der Waals surface area contributed by atoms with Gasteiger partial charge in [-0.15, -0.1) is 0 Å². The van der Waals surface area contributed by atoms with Gasteiger partial charge in [-0.05, 0) is 42.4 Å². The molecule has 27 heavy (non-hydrogen) atoms. The number of carbonyl (C=O) groups is 2. The summed E-state index contributed by atoms with van der Waals surface area (Å²) in [7, 11) is 0. The molecule has 142 valence electrons. The lowest BCUT2D eigenvalue weighted by molar-refractivity contribution is -0.139. The molecule has 4 heteroatoms. The van der Waals surface area contributed by atoms with Crippen molar-refractivity contribution in [2.75, 3.05) is 13.1 Å². The summed E-state index contributed by atoms with van der Waals surface area (Å²) in [6, 6.07) is 18.5. The molecule has 0 saturated carbocycles. The minimum Gasteiger partial charge on any atom is -0.369 e. The first-order valence-corrected chi connectivity index (χ1v) is 9.76. The summed E-state index contributed by atoms with van der Waals surface area (Å²) < 4.78 is 0. The summed E-state index contributed by atoms with van der Waals surface area (Å²) in [4.78, 5) is 26.4. The van der Waals surface area contributed by atoms with Crippen LogP contribution in [0.15, 0.2) is 54.6 Å². The highest BCUT2D eigenvalue weighted by molar-refractivity contribution is 5.82. The number of benzene rings is 2. The number of hydrogen-bond donors (Lipinski definition) is 1. The Labute approximate surface area is 161 Å². The second-order valence-electron chi connectivity index (χ2n) is 7.52. The Morgan fingerprint density at radius 3 is 2.30 bits per heavy atom. The molecule has 1 heterocycles. The number of nitrogens with zero attached hydrogens (tertiary/aromatic N) is 1. The quantitative estimate of drug-likeness (QED) is 0.847. The van der Waals surface area contributed by atoms with Gasteiger partial charge in [0, 0.05) is 19.5 Å². The Morgan fingerprint density at radius 2 is 1.67 bits per heavy atom. The van der Waals surface area contributed by atoms with E-state index < -0.39 is 5.41 Å². The zero-order chi connectivity index (χ0) is 19.3. The predicted octanol–water partition coefficient (Wildman–Crippen LogP) is 3.79. The Hall–Kier alpha value is -2.62. The molecule has 0 bridgehead atoms. The molecule has 1 aliphatic heterocycles. The zero-order valence-electron chi connectivity index (χ0n) is 16.0. The molecule has 1 aliphatic rings. The first-order chi connectivity index (χ1) is 13.0. The van der Waals surface area contributed by atoms with Crippen molar-refractivity contribution >= 4 is 11.8 Å². The lowest BCUT2D eigenvalue weighted by Gasteiger charge is -2.40. The SMILES string of the molecule is CCCC(=O)N1CCC(Cc2cccc(-c3ccccc3)c2)(C(N)=O)CC1. The Morgan fingerprint density at radius 1 is 1.00 bits per heavy atom. The molecular formula is C23H28N2O2. The molecular weight excluding hydrogens is 336 g/mol. The van der Waals surface area contributed by atoms with Gasteiger partial charge >= 0.3 is 0 Å². The molecule has 0 atom stereocenters. The maximum Gasteiger partial charge on any atom is 0.224 e. The highest BCUT2D eigenvalue weighted by atomic mass is 16.2. The minimum absolute atomic E-state index is 0.182. The third kappa shape index (κ3) is 4.38. The van der Waals surface area contributed by atoms with Crippen LogP contribution in [0.5, 0.6) is 0 Å². The first kappa shape index (κ1) is 19.2. The van der Waals surface area contributed by atoms with Gasteiger partial charge in [0.05, 0.1) is 5.41 Å². The van der Waals surface area contributed by atoms with E-state index in [4.69, 9.17) is 5.73 Å². The molecule has 0 radical (unpaired) electrons. The van der Waals surface area contributed by atoms with E-state index in [1.807, 2.05) is 36.1 Å². The molecule has 2 aromatic rings. The van der Waals surface area contributed by atoms with Crippen LogP contribution in [0.2, 0.25) is 0 Å². The number of primary amides is 1. The van der Waals surface area contributed by atoms with E-state index in [2.05, 4.69) is 30.3 Å². The standard InChI is InChI=1S/C23H28N2O2/c1-2-7-21(26)25-14-12-23(13-15-25,22(24)27)17-18-8-6-11-20(16-18)19-9-4-3-5-10-19/h3-6,8-11,16H,2,7,12-15,17H2,1H3,(H2,24,27). The number of piperidine rings is 1. The van der Waals surface area contributed by atoms with Gasteiger partial charge in [0.25, 0.3) is 0 Å². The Bertz CT molecular complexity index is 793. The van der Waals surface area contributed by atoms with Crippen LogP contribution in [0.1, 0.15) is 38.2 Å². The van der Waals surface area contributed by atoms with E-state index >= 15 is 0 Å². The number of rotatable bonds is 6. The molecule has 2 aromatic carbocycles. The monoisotopic (exact) mass is 364 g/mol. The van der Waals surface area contributed by atoms with Crippen LogP contribution in [0, 0.1) is 5.41 Å². The van der Waals surface area contributed by atoms with Gasteiger partial charge in [0.15, 0.2) is 0 Å². The Balaban J connectivity index is 1.76. The van der Waals surface area contributed by atoms with Crippen molar-refractivity contribution in [3.8, 4) is 11.1 Å². The van der Waals surface area contributed by atoms with E-state index in [9.17, 15) is 9.59 Å². The molecule has 1 fully saturated rings. The van der Waals surface area contributed by atoms with E-state index in [0.29, 0.717) is 38.8 Å². The topological polar surface area (TPSA) is 63.4 Å². The molecule has 0 aliphatic carbocycles. The van der Waals surface area contributed by atoms with E-state index in [0.717, 1.165) is 23.1 Å². The van der Waals surface area contributed by atoms with Gasteiger partial charge in [0.2, 0.25) is 11.8 Å². The van der Waals surface area contributed by atoms with Gasteiger partial charge in [0.1, 0.15) is 0 Å². The smallest absolute Gasteiger partial charge is 0.224 e. The maximum atomic E-state index is 12.4. The number of hydrogen-bond acceptors (Lipinski definition) is 2. The number of amides is 2.